The lowest BCUT2D eigenvalue weighted by Gasteiger charge is -2.31. The number of aldehydes is 1. The van der Waals surface area contributed by atoms with E-state index in [0.29, 0.717) is 45.8 Å². The molecule has 0 N–H and O–H groups in total. The van der Waals surface area contributed by atoms with Crippen molar-refractivity contribution in [2.45, 2.75) is 231 Å². The van der Waals surface area contributed by atoms with E-state index in [4.69, 9.17) is 53.0 Å². The van der Waals surface area contributed by atoms with Crippen LogP contribution in [0.2, 0.25) is 0 Å². The van der Waals surface area contributed by atoms with Crippen LogP contribution in [0.5, 0.6) is 0 Å². The molecule has 11 rings (SSSR count). The van der Waals surface area contributed by atoms with Gasteiger partial charge in [0.2, 0.25) is 0 Å². The van der Waals surface area contributed by atoms with Gasteiger partial charge in [-0.05, 0) is 119 Å². The zero-order chi connectivity index (χ0) is 55.5. The van der Waals surface area contributed by atoms with Crippen LogP contribution in [-0.2, 0) is 37.9 Å². The maximum absolute atomic E-state index is 13.8. The van der Waals surface area contributed by atoms with Gasteiger partial charge in [0, 0.05) is 12.1 Å². The fourth-order valence-corrected chi connectivity index (χ4v) is 11.6. The largest absolute Gasteiger partial charge is 0.443 e. The van der Waals surface area contributed by atoms with Crippen molar-refractivity contribution in [2.24, 2.45) is 0 Å². The number of carbonyl (C=O) groups is 3. The van der Waals surface area contributed by atoms with E-state index in [-0.39, 0.29) is 48.4 Å². The maximum Gasteiger partial charge on any atom is 0.416 e. The molecule has 4 saturated heterocycles. The van der Waals surface area contributed by atoms with Crippen LogP contribution in [0.4, 0.5) is 21.2 Å². The molecule has 21 heteroatoms. The third-order valence-corrected chi connectivity index (χ3v) is 14.8. The van der Waals surface area contributed by atoms with Crippen LogP contribution < -0.4 is 9.80 Å². The van der Waals surface area contributed by atoms with Crippen LogP contribution in [0.3, 0.4) is 0 Å². The molecule has 4 aromatic heterocycles. The highest BCUT2D eigenvalue weighted by Crippen LogP contribution is 2.47. The standard InChI is InChI=1S/C32H41N5O5.C25H35N5O6/c1-7-23-25-26(41-32(5,6)40-25)29(39-23)37-28-22(19-33-37)27(34-24(35-28)18-17-20-13-9-8-10-14-20)36(21-15-11-12-16-21)30(38)42-31(2,3)4;1-7-16-18-19(35-25(5,6)34-18)22(33-16)30-21-15(12-26-30)20(27-17(13-31)28-21)29(14-10-8-9-11-14)23(32)36-24(2,3)4/h8-10,13-14,17-19,21,23,25-26,29H,7,11-12,15-16H2,1-6H3;12-14,16,18-19,22H,7-11H2,1-6H3/b18-17+;/t23-,25-,26-,29-;16-,18-,19-,22-/m11/s1. The maximum atomic E-state index is 13.8. The fourth-order valence-electron chi connectivity index (χ4n) is 11.6. The minimum absolute atomic E-state index is 0.0313. The third-order valence-electron chi connectivity index (χ3n) is 14.8. The van der Waals surface area contributed by atoms with E-state index < -0.39 is 53.5 Å². The smallest absolute Gasteiger partial charge is 0.416 e. The second-order valence-corrected chi connectivity index (χ2v) is 24.0. The zero-order valence-electron chi connectivity index (χ0n) is 47.1. The monoisotopic (exact) mass is 1080 g/mol. The minimum atomic E-state index is -0.752. The molecule has 8 heterocycles. The number of nitrogens with zero attached hydrogens (tertiary/aromatic N) is 10. The number of amides is 2. The molecule has 0 bridgehead atoms. The molecule has 5 aromatic rings. The third kappa shape index (κ3) is 11.4. The molecule has 6 fully saturated rings. The van der Waals surface area contributed by atoms with Crippen molar-refractivity contribution in [3.8, 4) is 0 Å². The SMILES string of the molecule is CC[C@H]1O[C@@H](n2ncc3c(N(C(=O)OC(C)(C)C)C4CCCC4)nc(/C=C/c4ccccc4)nc32)[C@@H]2OC(C)(C)O[C@@H]21.CC[C@H]1O[C@@H](n2ncc3c(N(C(=O)OC(C)(C)C)C4CCCC4)nc(C=O)nc32)[C@@H]2OC(C)(C)O[C@@H]21. The lowest BCUT2D eigenvalue weighted by atomic mass is 10.1. The summed E-state index contributed by atoms with van der Waals surface area (Å²) in [5, 5.41) is 10.6. The molecule has 2 amide bonds. The molecule has 420 valence electrons. The molecule has 8 atom stereocenters. The Morgan fingerprint density at radius 2 is 1.03 bits per heavy atom. The molecular formula is C57H76N10O11. The molecule has 2 saturated carbocycles. The van der Waals surface area contributed by atoms with Gasteiger partial charge < -0.3 is 37.9 Å². The Hall–Kier alpha value is -5.97. The Bertz CT molecular complexity index is 3010. The van der Waals surface area contributed by atoms with Crippen LogP contribution in [0.15, 0.2) is 42.7 Å². The second-order valence-electron chi connectivity index (χ2n) is 24.0. The summed E-state index contributed by atoms with van der Waals surface area (Å²) in [4.78, 5) is 61.2. The first-order valence-electron chi connectivity index (χ1n) is 27.8. The molecule has 1 aromatic carbocycles. The van der Waals surface area contributed by atoms with Crippen molar-refractivity contribution in [1.29, 1.82) is 0 Å². The van der Waals surface area contributed by atoms with Gasteiger partial charge in [0.15, 0.2) is 64.9 Å². The Labute approximate surface area is 455 Å². The summed E-state index contributed by atoms with van der Waals surface area (Å²) < 4.78 is 52.7. The van der Waals surface area contributed by atoms with Crippen molar-refractivity contribution in [3.63, 3.8) is 0 Å². The Balaban J connectivity index is 0.000000179. The average molecular weight is 1080 g/mol. The first-order chi connectivity index (χ1) is 37.0. The van der Waals surface area contributed by atoms with Gasteiger partial charge in [-0.25, -0.2) is 38.9 Å². The van der Waals surface area contributed by atoms with Gasteiger partial charge in [-0.1, -0.05) is 75.9 Å². The van der Waals surface area contributed by atoms with Gasteiger partial charge in [-0.2, -0.15) is 10.2 Å². The van der Waals surface area contributed by atoms with Crippen LogP contribution in [0.25, 0.3) is 34.2 Å². The van der Waals surface area contributed by atoms with E-state index in [1.165, 1.54) is 0 Å². The molecular weight excluding hydrogens is 1000 g/mol. The van der Waals surface area contributed by atoms with E-state index in [2.05, 4.69) is 22.0 Å². The van der Waals surface area contributed by atoms with E-state index in [1.54, 1.807) is 31.6 Å². The molecule has 4 aliphatic heterocycles. The quantitative estimate of drug-likeness (QED) is 0.112. The Kier molecular flexibility index (Phi) is 15.3. The number of aromatic nitrogens is 8. The lowest BCUT2D eigenvalue weighted by molar-refractivity contribution is -0.198. The van der Waals surface area contributed by atoms with Crippen molar-refractivity contribution >= 4 is 64.3 Å². The number of anilines is 2. The zero-order valence-corrected chi connectivity index (χ0v) is 47.1. The lowest BCUT2D eigenvalue weighted by Crippen LogP contribution is -2.43. The highest BCUT2D eigenvalue weighted by atomic mass is 16.8. The van der Waals surface area contributed by atoms with Gasteiger partial charge in [-0.3, -0.25) is 14.6 Å². The van der Waals surface area contributed by atoms with Crippen LogP contribution in [0.1, 0.15) is 182 Å². The Morgan fingerprint density at radius 3 is 1.44 bits per heavy atom. The van der Waals surface area contributed by atoms with Gasteiger partial charge in [0.1, 0.15) is 35.6 Å². The van der Waals surface area contributed by atoms with E-state index in [9.17, 15) is 14.4 Å². The van der Waals surface area contributed by atoms with E-state index in [1.807, 2.05) is 119 Å². The summed E-state index contributed by atoms with van der Waals surface area (Å²) in [5.41, 5.74) is 0.624. The number of carbonyl (C=O) groups excluding carboxylic acids is 3. The minimum Gasteiger partial charge on any atom is -0.443 e. The summed E-state index contributed by atoms with van der Waals surface area (Å²) in [6.45, 7) is 22.8. The van der Waals surface area contributed by atoms with E-state index in [0.717, 1.165) is 69.8 Å². The number of hydrogen-bond donors (Lipinski definition) is 0. The molecule has 21 nitrogen and oxygen atoms in total. The first kappa shape index (κ1) is 55.3. The normalized spacial score (nSPS) is 26.8. The molecule has 2 aliphatic carbocycles. The van der Waals surface area contributed by atoms with Gasteiger partial charge >= 0.3 is 12.2 Å². The molecule has 0 unspecified atom stereocenters. The molecule has 6 aliphatic rings. The number of fused-ring (bicyclic) bond motifs is 4. The first-order valence-corrected chi connectivity index (χ1v) is 27.8. The van der Waals surface area contributed by atoms with Crippen LogP contribution >= 0.6 is 0 Å². The highest BCUT2D eigenvalue weighted by Gasteiger charge is 2.57. The number of rotatable bonds is 11. The van der Waals surface area contributed by atoms with Crippen LogP contribution in [0, 0.1) is 0 Å². The second kappa shape index (κ2) is 21.6. The summed E-state index contributed by atoms with van der Waals surface area (Å²) in [6, 6.07) is 9.85. The number of hydrogen-bond acceptors (Lipinski definition) is 17. The topological polar surface area (TPSA) is 219 Å². The number of benzene rings is 1. The van der Waals surface area contributed by atoms with E-state index >= 15 is 0 Å². The van der Waals surface area contributed by atoms with Gasteiger partial charge in [0.05, 0.1) is 35.4 Å². The Morgan fingerprint density at radius 1 is 0.615 bits per heavy atom. The summed E-state index contributed by atoms with van der Waals surface area (Å²) in [7, 11) is 0. The highest BCUT2D eigenvalue weighted by molar-refractivity contribution is 6.00. The average Bonchev–Trinajstić information content (AvgIpc) is 4.39. The number of ether oxygens (including phenoxy) is 8. The summed E-state index contributed by atoms with van der Waals surface area (Å²) in [5.74, 6) is -0.257. The van der Waals surface area contributed by atoms with Gasteiger partial charge in [-0.15, -0.1) is 0 Å². The fraction of sp³-hybridized carbons (Fsp3) is 0.632. The molecule has 0 spiro atoms. The van der Waals surface area contributed by atoms with Crippen molar-refractivity contribution < 1.29 is 52.3 Å². The summed E-state index contributed by atoms with van der Waals surface area (Å²) in [6.07, 6.45) is 13.1. The summed E-state index contributed by atoms with van der Waals surface area (Å²) >= 11 is 0. The molecule has 0 radical (unpaired) electrons. The van der Waals surface area contributed by atoms with Crippen molar-refractivity contribution in [3.05, 3.63) is 59.9 Å². The van der Waals surface area contributed by atoms with Crippen LogP contribution in [-0.4, -0.2) is 129 Å². The predicted octanol–water partition coefficient (Wildman–Crippen LogP) is 10.7. The predicted molar refractivity (Wildman–Crippen MR) is 289 cm³/mol. The van der Waals surface area contributed by atoms with Gasteiger partial charge in [0.25, 0.3) is 0 Å². The van der Waals surface area contributed by atoms with Crippen molar-refractivity contribution in [1.82, 2.24) is 39.5 Å². The molecule has 78 heavy (non-hydrogen) atoms. The van der Waals surface area contributed by atoms with Crippen molar-refractivity contribution in [2.75, 3.05) is 9.80 Å².